The van der Waals surface area contributed by atoms with Gasteiger partial charge in [0.2, 0.25) is 11.8 Å². The third-order valence-electron chi connectivity index (χ3n) is 3.01. The highest BCUT2D eigenvalue weighted by atomic mass is 32.1. The maximum Gasteiger partial charge on any atom is 0.235 e. The highest BCUT2D eigenvalue weighted by Crippen LogP contribution is 2.33. The van der Waals surface area contributed by atoms with Crippen LogP contribution in [-0.2, 0) is 16.1 Å². The zero-order valence-corrected chi connectivity index (χ0v) is 11.8. The molecule has 0 spiro atoms. The number of carbonyl (C=O) groups is 2. The van der Waals surface area contributed by atoms with Crippen molar-refractivity contribution in [2.24, 2.45) is 11.1 Å². The molecule has 1 aromatic rings. The first-order valence-corrected chi connectivity index (χ1v) is 6.88. The van der Waals surface area contributed by atoms with Crippen LogP contribution in [0.3, 0.4) is 0 Å². The van der Waals surface area contributed by atoms with E-state index in [1.807, 2.05) is 12.1 Å². The summed E-state index contributed by atoms with van der Waals surface area (Å²) < 4.78 is 0. The number of amides is 2. The summed E-state index contributed by atoms with van der Waals surface area (Å²) in [5, 5.41) is 0. The summed E-state index contributed by atoms with van der Waals surface area (Å²) in [5.74, 6) is 5.53. The molecule has 4 nitrogen and oxygen atoms in total. The van der Waals surface area contributed by atoms with Gasteiger partial charge in [0.1, 0.15) is 0 Å². The van der Waals surface area contributed by atoms with Crippen LogP contribution in [0.1, 0.15) is 30.0 Å². The molecule has 1 aliphatic rings. The van der Waals surface area contributed by atoms with Crippen molar-refractivity contribution in [3.05, 3.63) is 21.9 Å². The molecule has 0 unspecified atom stereocenters. The predicted molar refractivity (Wildman–Crippen MR) is 74.2 cm³/mol. The van der Waals surface area contributed by atoms with E-state index >= 15 is 0 Å². The Hall–Kier alpha value is -1.64. The topological polar surface area (TPSA) is 63.4 Å². The molecule has 0 aromatic carbocycles. The molecule has 2 rings (SSSR count). The van der Waals surface area contributed by atoms with Crippen molar-refractivity contribution in [2.45, 2.75) is 26.8 Å². The van der Waals surface area contributed by atoms with E-state index in [1.54, 1.807) is 13.8 Å². The van der Waals surface area contributed by atoms with Crippen LogP contribution in [0.4, 0.5) is 0 Å². The third kappa shape index (κ3) is 2.86. The Labute approximate surface area is 116 Å². The molecule has 100 valence electrons. The second kappa shape index (κ2) is 5.16. The van der Waals surface area contributed by atoms with Gasteiger partial charge in [0.05, 0.1) is 23.4 Å². The lowest BCUT2D eigenvalue weighted by atomic mass is 9.92. The van der Waals surface area contributed by atoms with Crippen LogP contribution in [0.25, 0.3) is 0 Å². The average Bonchev–Trinajstić information content (AvgIpc) is 2.86. The lowest BCUT2D eigenvalue weighted by molar-refractivity contribution is -0.141. The summed E-state index contributed by atoms with van der Waals surface area (Å²) in [4.78, 5) is 27.1. The molecule has 2 amide bonds. The lowest BCUT2D eigenvalue weighted by Gasteiger charge is -2.16. The molecule has 2 heterocycles. The van der Waals surface area contributed by atoms with Crippen molar-refractivity contribution in [2.75, 3.05) is 6.54 Å². The zero-order chi connectivity index (χ0) is 14.0. The van der Waals surface area contributed by atoms with Gasteiger partial charge in [0.25, 0.3) is 0 Å². The Morgan fingerprint density at radius 1 is 1.42 bits per heavy atom. The molecule has 0 atom stereocenters. The number of thiophene rings is 1. The van der Waals surface area contributed by atoms with Gasteiger partial charge in [-0.15, -0.1) is 11.3 Å². The molecule has 0 saturated carbocycles. The van der Waals surface area contributed by atoms with Crippen molar-refractivity contribution in [1.29, 1.82) is 0 Å². The minimum Gasteiger partial charge on any atom is -0.320 e. The van der Waals surface area contributed by atoms with Gasteiger partial charge in [0.15, 0.2) is 0 Å². The van der Waals surface area contributed by atoms with Crippen molar-refractivity contribution in [3.63, 3.8) is 0 Å². The number of nitrogens with two attached hydrogens (primary N) is 1. The highest BCUT2D eigenvalue weighted by Gasteiger charge is 2.44. The fourth-order valence-electron chi connectivity index (χ4n) is 2.01. The summed E-state index contributed by atoms with van der Waals surface area (Å²) in [6.45, 7) is 4.28. The number of rotatable bonds is 2. The Kier molecular flexibility index (Phi) is 3.74. The van der Waals surface area contributed by atoms with E-state index in [0.717, 1.165) is 9.75 Å². The Morgan fingerprint density at radius 2 is 2.16 bits per heavy atom. The molecule has 0 aliphatic carbocycles. The van der Waals surface area contributed by atoms with Crippen LogP contribution in [0, 0.1) is 17.3 Å². The molecule has 1 aromatic heterocycles. The number of likely N-dealkylation sites (tertiary alicyclic amines) is 1. The van der Waals surface area contributed by atoms with Crippen LogP contribution in [0.2, 0.25) is 0 Å². The second-order valence-electron chi connectivity index (χ2n) is 5.12. The molecular formula is C14H16N2O2S. The van der Waals surface area contributed by atoms with Gasteiger partial charge in [0, 0.05) is 11.3 Å². The van der Waals surface area contributed by atoms with Crippen LogP contribution < -0.4 is 5.73 Å². The largest absolute Gasteiger partial charge is 0.320 e. The van der Waals surface area contributed by atoms with E-state index in [4.69, 9.17) is 5.73 Å². The SMILES string of the molecule is CC1(C)CC(=O)N(Cc2ccc(C#CCN)s2)C1=O. The summed E-state index contributed by atoms with van der Waals surface area (Å²) in [6.07, 6.45) is 0.289. The van der Waals surface area contributed by atoms with Gasteiger partial charge in [-0.1, -0.05) is 25.7 Å². The summed E-state index contributed by atoms with van der Waals surface area (Å²) >= 11 is 1.49. The molecule has 2 N–H and O–H groups in total. The van der Waals surface area contributed by atoms with Crippen molar-refractivity contribution >= 4 is 23.2 Å². The lowest BCUT2D eigenvalue weighted by Crippen LogP contribution is -2.32. The van der Waals surface area contributed by atoms with Gasteiger partial charge in [-0.2, -0.15) is 0 Å². The number of imide groups is 1. The van der Waals surface area contributed by atoms with E-state index in [1.165, 1.54) is 16.2 Å². The molecule has 19 heavy (non-hydrogen) atoms. The molecule has 0 bridgehead atoms. The standard InChI is InChI=1S/C14H16N2O2S/c1-14(2)8-12(17)16(13(14)18)9-11-6-5-10(19-11)4-3-7-15/h5-6H,7-9,15H2,1-2H3. The second-order valence-corrected chi connectivity index (χ2v) is 6.29. The molecule has 1 aliphatic heterocycles. The van der Waals surface area contributed by atoms with Gasteiger partial charge < -0.3 is 5.73 Å². The fourth-order valence-corrected chi connectivity index (χ4v) is 2.88. The quantitative estimate of drug-likeness (QED) is 0.655. The van der Waals surface area contributed by atoms with E-state index in [9.17, 15) is 9.59 Å². The van der Waals surface area contributed by atoms with E-state index < -0.39 is 5.41 Å². The van der Waals surface area contributed by atoms with Crippen LogP contribution in [0.15, 0.2) is 12.1 Å². The average molecular weight is 276 g/mol. The minimum atomic E-state index is -0.573. The summed E-state index contributed by atoms with van der Waals surface area (Å²) in [6, 6.07) is 3.79. The Balaban J connectivity index is 2.12. The normalized spacial score (nSPS) is 17.5. The summed E-state index contributed by atoms with van der Waals surface area (Å²) in [5.41, 5.74) is 4.74. The highest BCUT2D eigenvalue weighted by molar-refractivity contribution is 7.12. The third-order valence-corrected chi connectivity index (χ3v) is 3.99. The number of hydrogen-bond acceptors (Lipinski definition) is 4. The monoisotopic (exact) mass is 276 g/mol. The maximum atomic E-state index is 12.1. The molecule has 5 heteroatoms. The van der Waals surface area contributed by atoms with E-state index in [0.29, 0.717) is 13.1 Å². The minimum absolute atomic E-state index is 0.0968. The molecule has 1 saturated heterocycles. The molecular weight excluding hydrogens is 260 g/mol. The van der Waals surface area contributed by atoms with E-state index in [-0.39, 0.29) is 18.2 Å². The van der Waals surface area contributed by atoms with Gasteiger partial charge >= 0.3 is 0 Å². The molecule has 1 fully saturated rings. The predicted octanol–water partition coefficient (Wildman–Crippen LogP) is 1.34. The Bertz CT molecular complexity index is 578. The number of carbonyl (C=O) groups excluding carboxylic acids is 2. The molecule has 0 radical (unpaired) electrons. The Morgan fingerprint density at radius 3 is 2.74 bits per heavy atom. The van der Waals surface area contributed by atoms with Crippen LogP contribution in [0.5, 0.6) is 0 Å². The number of nitrogens with zero attached hydrogens (tertiary/aromatic N) is 1. The first-order chi connectivity index (χ1) is 8.94. The first-order valence-electron chi connectivity index (χ1n) is 6.06. The summed E-state index contributed by atoms with van der Waals surface area (Å²) in [7, 11) is 0. The van der Waals surface area contributed by atoms with E-state index in [2.05, 4.69) is 11.8 Å². The van der Waals surface area contributed by atoms with Gasteiger partial charge in [-0.05, 0) is 12.1 Å². The van der Waals surface area contributed by atoms with Crippen molar-refractivity contribution < 1.29 is 9.59 Å². The first kappa shape index (κ1) is 13.8. The van der Waals surface area contributed by atoms with Gasteiger partial charge in [-0.25, -0.2) is 0 Å². The van der Waals surface area contributed by atoms with Crippen LogP contribution >= 0.6 is 11.3 Å². The number of hydrogen-bond donors (Lipinski definition) is 1. The maximum absolute atomic E-state index is 12.1. The smallest absolute Gasteiger partial charge is 0.235 e. The van der Waals surface area contributed by atoms with Crippen LogP contribution in [-0.4, -0.2) is 23.3 Å². The zero-order valence-electron chi connectivity index (χ0n) is 11.0. The van der Waals surface area contributed by atoms with Crippen molar-refractivity contribution in [3.8, 4) is 11.8 Å². The van der Waals surface area contributed by atoms with Crippen molar-refractivity contribution in [1.82, 2.24) is 4.90 Å². The fraction of sp³-hybridized carbons (Fsp3) is 0.429. The van der Waals surface area contributed by atoms with Gasteiger partial charge in [-0.3, -0.25) is 14.5 Å².